The number of nitrogens with zero attached hydrogens (tertiary/aromatic N) is 2. The Morgan fingerprint density at radius 2 is 1.63 bits per heavy atom. The molecule has 3 atom stereocenters. The maximum absolute atomic E-state index is 4.14. The van der Waals surface area contributed by atoms with E-state index in [9.17, 15) is 0 Å². The highest BCUT2D eigenvalue weighted by molar-refractivity contribution is 9.09. The Labute approximate surface area is 126 Å². The van der Waals surface area contributed by atoms with E-state index in [2.05, 4.69) is 32.8 Å². The Hall–Kier alpha value is 0.400. The number of hydrogen-bond acceptors (Lipinski definition) is 2. The highest BCUT2D eigenvalue weighted by atomic mass is 79.9. The van der Waals surface area contributed by atoms with Crippen LogP contribution in [0.2, 0.25) is 0 Å². The maximum atomic E-state index is 4.14. The predicted octanol–water partition coefficient (Wildman–Crippen LogP) is 2.82. The summed E-state index contributed by atoms with van der Waals surface area (Å²) in [4.78, 5) is 6.05. The zero-order valence-electron chi connectivity index (χ0n) is 12.2. The van der Waals surface area contributed by atoms with Crippen molar-refractivity contribution in [1.82, 2.24) is 9.80 Å². The molecule has 108 valence electrons. The monoisotopic (exact) mass is 326 g/mol. The summed E-state index contributed by atoms with van der Waals surface area (Å²) in [6.45, 7) is 6.48. The molecule has 3 heteroatoms. The summed E-state index contributed by atoms with van der Waals surface area (Å²) in [5, 5.41) is 0. The van der Waals surface area contributed by atoms with Gasteiger partial charge in [-0.3, -0.25) is 0 Å². The lowest BCUT2D eigenvalue weighted by Crippen LogP contribution is -2.59. The van der Waals surface area contributed by atoms with E-state index in [0.717, 1.165) is 22.6 Å². The van der Waals surface area contributed by atoms with Gasteiger partial charge < -0.3 is 9.80 Å². The third-order valence-electron chi connectivity index (χ3n) is 6.46. The van der Waals surface area contributed by atoms with Crippen molar-refractivity contribution < 1.29 is 0 Å². The van der Waals surface area contributed by atoms with Gasteiger partial charge in [-0.15, -0.1) is 0 Å². The first-order valence-electron chi connectivity index (χ1n) is 8.20. The van der Waals surface area contributed by atoms with Crippen LogP contribution in [0.25, 0.3) is 0 Å². The van der Waals surface area contributed by atoms with Gasteiger partial charge in [0.15, 0.2) is 0 Å². The van der Waals surface area contributed by atoms with Gasteiger partial charge in [-0.05, 0) is 62.3 Å². The van der Waals surface area contributed by atoms with Gasteiger partial charge in [0.1, 0.15) is 0 Å². The van der Waals surface area contributed by atoms with Gasteiger partial charge >= 0.3 is 0 Å². The molecule has 4 bridgehead atoms. The molecule has 2 nitrogen and oxygen atoms in total. The highest BCUT2D eigenvalue weighted by Crippen LogP contribution is 2.62. The summed E-state index contributed by atoms with van der Waals surface area (Å²) in [5.41, 5.74) is 0.630. The van der Waals surface area contributed by atoms with Crippen molar-refractivity contribution in [2.45, 2.75) is 36.9 Å². The number of halogens is 1. The van der Waals surface area contributed by atoms with E-state index in [0.29, 0.717) is 5.41 Å². The van der Waals surface area contributed by atoms with Gasteiger partial charge in [0.25, 0.3) is 0 Å². The van der Waals surface area contributed by atoms with Crippen LogP contribution < -0.4 is 0 Å². The molecule has 4 saturated carbocycles. The lowest BCUT2D eigenvalue weighted by Gasteiger charge is -2.61. The van der Waals surface area contributed by atoms with Gasteiger partial charge in [-0.25, -0.2) is 0 Å². The normalized spacial score (nSPS) is 50.8. The fourth-order valence-electron chi connectivity index (χ4n) is 5.81. The number of hydrogen-bond donors (Lipinski definition) is 0. The molecular formula is C16H27BrN2. The minimum absolute atomic E-state index is 0.630. The molecule has 1 saturated heterocycles. The Bertz CT molecular complexity index is 337. The molecule has 5 aliphatic rings. The SMILES string of the molecule is CN1CCN(CC23C[C@@H]4CC(C[C@H](C4)C2)[C@H]3Br)CC1. The first-order chi connectivity index (χ1) is 9.14. The van der Waals surface area contributed by atoms with Crippen LogP contribution in [-0.2, 0) is 0 Å². The molecule has 0 N–H and O–H groups in total. The Balaban J connectivity index is 1.49. The van der Waals surface area contributed by atoms with Crippen LogP contribution in [0.4, 0.5) is 0 Å². The third-order valence-corrected chi connectivity index (χ3v) is 8.18. The first kappa shape index (κ1) is 13.1. The molecule has 0 aromatic rings. The lowest BCUT2D eigenvalue weighted by molar-refractivity contribution is -0.0641. The summed E-state index contributed by atoms with van der Waals surface area (Å²) in [6.07, 6.45) is 7.64. The van der Waals surface area contributed by atoms with Crippen molar-refractivity contribution in [2.75, 3.05) is 39.8 Å². The van der Waals surface area contributed by atoms with Crippen molar-refractivity contribution in [1.29, 1.82) is 0 Å². The summed E-state index contributed by atoms with van der Waals surface area (Å²) < 4.78 is 0. The zero-order chi connectivity index (χ0) is 13.0. The number of alkyl halides is 1. The van der Waals surface area contributed by atoms with E-state index in [4.69, 9.17) is 0 Å². The van der Waals surface area contributed by atoms with Crippen LogP contribution in [0.5, 0.6) is 0 Å². The van der Waals surface area contributed by atoms with Crippen LogP contribution in [-0.4, -0.2) is 54.4 Å². The molecule has 0 amide bonds. The molecule has 0 unspecified atom stereocenters. The van der Waals surface area contributed by atoms with Crippen molar-refractivity contribution in [2.24, 2.45) is 23.2 Å². The fourth-order valence-corrected chi connectivity index (χ4v) is 6.76. The van der Waals surface area contributed by atoms with E-state index in [1.165, 1.54) is 58.4 Å². The highest BCUT2D eigenvalue weighted by Gasteiger charge is 2.56. The molecule has 19 heavy (non-hydrogen) atoms. The number of piperazine rings is 1. The molecule has 0 aromatic heterocycles. The zero-order valence-corrected chi connectivity index (χ0v) is 13.7. The summed E-state index contributed by atoms with van der Waals surface area (Å²) in [5.74, 6) is 3.14. The van der Waals surface area contributed by atoms with Crippen LogP contribution in [0, 0.1) is 23.2 Å². The number of likely N-dealkylation sites (N-methyl/N-ethyl adjacent to an activating group) is 1. The van der Waals surface area contributed by atoms with Crippen molar-refractivity contribution in [3.63, 3.8) is 0 Å². The molecule has 5 fully saturated rings. The van der Waals surface area contributed by atoms with E-state index in [1.54, 1.807) is 6.42 Å². The van der Waals surface area contributed by atoms with Crippen molar-refractivity contribution >= 4 is 15.9 Å². The molecule has 0 radical (unpaired) electrons. The van der Waals surface area contributed by atoms with Crippen LogP contribution >= 0.6 is 15.9 Å². The summed E-state index contributed by atoms with van der Waals surface area (Å²) in [6, 6.07) is 0. The summed E-state index contributed by atoms with van der Waals surface area (Å²) >= 11 is 4.14. The molecule has 4 aliphatic carbocycles. The Morgan fingerprint density at radius 3 is 2.26 bits per heavy atom. The van der Waals surface area contributed by atoms with Crippen molar-refractivity contribution in [3.8, 4) is 0 Å². The molecule has 1 aliphatic heterocycles. The van der Waals surface area contributed by atoms with E-state index in [-0.39, 0.29) is 0 Å². The van der Waals surface area contributed by atoms with Gasteiger partial charge in [0.2, 0.25) is 0 Å². The van der Waals surface area contributed by atoms with Crippen LogP contribution in [0.3, 0.4) is 0 Å². The van der Waals surface area contributed by atoms with Gasteiger partial charge in [0, 0.05) is 37.6 Å². The lowest BCUT2D eigenvalue weighted by atomic mass is 9.49. The molecule has 5 rings (SSSR count). The van der Waals surface area contributed by atoms with Gasteiger partial charge in [-0.2, -0.15) is 0 Å². The average Bonchev–Trinajstić information content (AvgIpc) is 2.38. The Kier molecular flexibility index (Phi) is 3.24. The van der Waals surface area contributed by atoms with E-state index in [1.807, 2.05) is 0 Å². The molecule has 0 spiro atoms. The second kappa shape index (κ2) is 4.71. The standard InChI is InChI=1S/C16H27BrN2/c1-18-2-4-19(5-3-18)11-16-9-12-6-13(10-16)8-14(7-12)15(16)17/h12-15H,2-11H2,1H3/t12-,13-,14?,15+,16?/m0/s1. The van der Waals surface area contributed by atoms with Crippen LogP contribution in [0.15, 0.2) is 0 Å². The quantitative estimate of drug-likeness (QED) is 0.720. The second-order valence-corrected chi connectivity index (χ2v) is 8.94. The summed E-state index contributed by atoms with van der Waals surface area (Å²) in [7, 11) is 2.26. The van der Waals surface area contributed by atoms with E-state index >= 15 is 0 Å². The molecule has 0 aromatic carbocycles. The largest absolute Gasteiger partial charge is 0.304 e. The smallest absolute Gasteiger partial charge is 0.0243 e. The molecule has 1 heterocycles. The topological polar surface area (TPSA) is 6.48 Å². The minimum Gasteiger partial charge on any atom is -0.304 e. The van der Waals surface area contributed by atoms with E-state index < -0.39 is 0 Å². The van der Waals surface area contributed by atoms with Crippen molar-refractivity contribution in [3.05, 3.63) is 0 Å². The fraction of sp³-hybridized carbons (Fsp3) is 1.00. The first-order valence-corrected chi connectivity index (χ1v) is 9.11. The third kappa shape index (κ3) is 2.20. The maximum Gasteiger partial charge on any atom is 0.0243 e. The predicted molar refractivity (Wildman–Crippen MR) is 82.6 cm³/mol. The average molecular weight is 327 g/mol. The van der Waals surface area contributed by atoms with Gasteiger partial charge in [0.05, 0.1) is 0 Å². The Morgan fingerprint density at radius 1 is 1.00 bits per heavy atom. The molecular weight excluding hydrogens is 300 g/mol. The number of rotatable bonds is 2. The van der Waals surface area contributed by atoms with Gasteiger partial charge in [-0.1, -0.05) is 15.9 Å². The second-order valence-electron chi connectivity index (χ2n) is 7.95. The van der Waals surface area contributed by atoms with Crippen LogP contribution in [0.1, 0.15) is 32.1 Å². The minimum atomic E-state index is 0.630.